The number of carbonyl (C=O) groups excluding carboxylic acids is 2. The molecule has 0 aliphatic carbocycles. The second-order valence-electron chi connectivity index (χ2n) is 7.16. The van der Waals surface area contributed by atoms with E-state index in [0.717, 1.165) is 24.8 Å². The molecule has 24 heavy (non-hydrogen) atoms. The maximum Gasteiger partial charge on any atom is 0.411 e. The van der Waals surface area contributed by atoms with E-state index in [2.05, 4.69) is 6.92 Å². The van der Waals surface area contributed by atoms with Crippen molar-refractivity contribution in [2.45, 2.75) is 64.6 Å². The van der Waals surface area contributed by atoms with E-state index in [1.165, 1.54) is 7.11 Å². The summed E-state index contributed by atoms with van der Waals surface area (Å²) in [5.41, 5.74) is 1.01. The summed E-state index contributed by atoms with van der Waals surface area (Å²) in [6.07, 6.45) is 2.48. The zero-order chi connectivity index (χ0) is 17.9. The quantitative estimate of drug-likeness (QED) is 0.773. The number of ether oxygens (including phenoxy) is 2. The lowest BCUT2D eigenvalue weighted by Gasteiger charge is -2.32. The Morgan fingerprint density at radius 2 is 1.79 bits per heavy atom. The van der Waals surface area contributed by atoms with Gasteiger partial charge in [-0.3, -0.25) is 4.90 Å². The lowest BCUT2D eigenvalue weighted by Crippen LogP contribution is -2.40. The van der Waals surface area contributed by atoms with Crippen LogP contribution in [0.2, 0.25) is 0 Å². The Morgan fingerprint density at radius 1 is 1.17 bits per heavy atom. The van der Waals surface area contributed by atoms with Crippen molar-refractivity contribution in [2.24, 2.45) is 0 Å². The van der Waals surface area contributed by atoms with Crippen LogP contribution in [-0.4, -0.2) is 35.7 Å². The van der Waals surface area contributed by atoms with Crippen molar-refractivity contribution in [1.82, 2.24) is 4.90 Å². The monoisotopic (exact) mass is 333 g/mol. The van der Waals surface area contributed by atoms with Gasteiger partial charge < -0.3 is 9.47 Å². The van der Waals surface area contributed by atoms with Gasteiger partial charge in [-0.2, -0.15) is 0 Å². The summed E-state index contributed by atoms with van der Waals surface area (Å²) in [5.74, 6) is -0.358. The molecule has 1 fully saturated rings. The van der Waals surface area contributed by atoms with Crippen LogP contribution in [-0.2, 0) is 9.47 Å². The third-order valence-electron chi connectivity index (χ3n) is 4.29. The van der Waals surface area contributed by atoms with Crippen LogP contribution in [0.5, 0.6) is 0 Å². The predicted octanol–water partition coefficient (Wildman–Crippen LogP) is 4.32. The number of amides is 1. The number of carbonyl (C=O) groups is 2. The smallest absolute Gasteiger partial charge is 0.411 e. The van der Waals surface area contributed by atoms with E-state index in [9.17, 15) is 9.59 Å². The van der Waals surface area contributed by atoms with Crippen LogP contribution in [0.4, 0.5) is 4.79 Å². The standard InChI is InChI=1S/C19H27NO4/c1-6-15-11-12-16(20(15)18(22)24-19(2,3)4)13-7-9-14(10-8-13)17(21)23-5/h7-10,15-16H,6,11-12H2,1-5H3. The SMILES string of the molecule is CCC1CCC(c2ccc(C(=O)OC)cc2)N1C(=O)OC(C)(C)C. The van der Waals surface area contributed by atoms with Gasteiger partial charge in [0.15, 0.2) is 0 Å². The summed E-state index contributed by atoms with van der Waals surface area (Å²) in [7, 11) is 1.36. The van der Waals surface area contributed by atoms with E-state index in [1.54, 1.807) is 12.1 Å². The lowest BCUT2D eigenvalue weighted by atomic mass is 10.0. The molecule has 1 aliphatic heterocycles. The third-order valence-corrected chi connectivity index (χ3v) is 4.29. The zero-order valence-electron chi connectivity index (χ0n) is 15.2. The fourth-order valence-electron chi connectivity index (χ4n) is 3.16. The van der Waals surface area contributed by atoms with E-state index >= 15 is 0 Å². The fraction of sp³-hybridized carbons (Fsp3) is 0.579. The average molecular weight is 333 g/mol. The van der Waals surface area contributed by atoms with Crippen LogP contribution >= 0.6 is 0 Å². The molecule has 2 rings (SSSR count). The van der Waals surface area contributed by atoms with Crippen molar-refractivity contribution in [3.63, 3.8) is 0 Å². The fourth-order valence-corrected chi connectivity index (χ4v) is 3.16. The summed E-state index contributed by atoms with van der Waals surface area (Å²) in [6, 6.07) is 7.45. The van der Waals surface area contributed by atoms with Gasteiger partial charge in [0.05, 0.1) is 18.7 Å². The highest BCUT2D eigenvalue weighted by atomic mass is 16.6. The summed E-state index contributed by atoms with van der Waals surface area (Å²) >= 11 is 0. The van der Waals surface area contributed by atoms with Crippen LogP contribution in [0.25, 0.3) is 0 Å². The normalized spacial score (nSPS) is 20.8. The molecule has 0 radical (unpaired) electrons. The van der Waals surface area contributed by atoms with E-state index in [4.69, 9.17) is 9.47 Å². The minimum atomic E-state index is -0.517. The highest BCUT2D eigenvalue weighted by molar-refractivity contribution is 5.89. The van der Waals surface area contributed by atoms with Crippen LogP contribution in [0.1, 0.15) is 68.9 Å². The van der Waals surface area contributed by atoms with E-state index in [0.29, 0.717) is 5.56 Å². The average Bonchev–Trinajstić information content (AvgIpc) is 2.96. The van der Waals surface area contributed by atoms with Gasteiger partial charge in [0.2, 0.25) is 0 Å². The van der Waals surface area contributed by atoms with Crippen molar-refractivity contribution >= 4 is 12.1 Å². The van der Waals surface area contributed by atoms with Gasteiger partial charge in [-0.1, -0.05) is 19.1 Å². The van der Waals surface area contributed by atoms with Crippen LogP contribution < -0.4 is 0 Å². The molecule has 1 aromatic rings. The molecule has 1 aromatic carbocycles. The topological polar surface area (TPSA) is 55.8 Å². The van der Waals surface area contributed by atoms with E-state index < -0.39 is 5.60 Å². The predicted molar refractivity (Wildman–Crippen MR) is 91.9 cm³/mol. The Kier molecular flexibility index (Phi) is 5.52. The number of hydrogen-bond donors (Lipinski definition) is 0. The highest BCUT2D eigenvalue weighted by Gasteiger charge is 2.39. The summed E-state index contributed by atoms with van der Waals surface area (Å²) in [4.78, 5) is 26.1. The molecule has 0 N–H and O–H groups in total. The molecule has 1 saturated heterocycles. The number of esters is 1. The molecule has 0 bridgehead atoms. The molecule has 1 amide bonds. The molecular formula is C19H27NO4. The maximum atomic E-state index is 12.7. The van der Waals surface area contributed by atoms with Gasteiger partial charge in [-0.15, -0.1) is 0 Å². The number of nitrogens with zero attached hydrogens (tertiary/aromatic N) is 1. The van der Waals surface area contributed by atoms with Crippen LogP contribution in [0.15, 0.2) is 24.3 Å². The zero-order valence-corrected chi connectivity index (χ0v) is 15.2. The Morgan fingerprint density at radius 3 is 2.29 bits per heavy atom. The molecule has 2 unspecified atom stereocenters. The first-order valence-corrected chi connectivity index (χ1v) is 8.46. The molecule has 0 saturated carbocycles. The molecule has 2 atom stereocenters. The molecule has 0 aromatic heterocycles. The molecule has 0 spiro atoms. The van der Waals surface area contributed by atoms with Gasteiger partial charge in [0, 0.05) is 6.04 Å². The summed E-state index contributed by atoms with van der Waals surface area (Å²) in [5, 5.41) is 0. The number of hydrogen-bond acceptors (Lipinski definition) is 4. The summed E-state index contributed by atoms with van der Waals surface area (Å²) in [6.45, 7) is 7.72. The minimum absolute atomic E-state index is 0.0171. The molecule has 5 nitrogen and oxygen atoms in total. The largest absolute Gasteiger partial charge is 0.465 e. The number of benzene rings is 1. The number of methoxy groups -OCH3 is 1. The first-order chi connectivity index (χ1) is 11.3. The first kappa shape index (κ1) is 18.3. The van der Waals surface area contributed by atoms with Crippen molar-refractivity contribution < 1.29 is 19.1 Å². The molecule has 1 aliphatic rings. The third kappa shape index (κ3) is 4.08. The van der Waals surface area contributed by atoms with Crippen molar-refractivity contribution in [3.8, 4) is 0 Å². The molecule has 1 heterocycles. The van der Waals surface area contributed by atoms with Crippen molar-refractivity contribution in [2.75, 3.05) is 7.11 Å². The first-order valence-electron chi connectivity index (χ1n) is 8.46. The molecule has 132 valence electrons. The highest BCUT2D eigenvalue weighted by Crippen LogP contribution is 2.38. The lowest BCUT2D eigenvalue weighted by molar-refractivity contribution is 0.0140. The van der Waals surface area contributed by atoms with Gasteiger partial charge in [-0.25, -0.2) is 9.59 Å². The second kappa shape index (κ2) is 7.24. The van der Waals surface area contributed by atoms with Crippen LogP contribution in [0.3, 0.4) is 0 Å². The van der Waals surface area contributed by atoms with Gasteiger partial charge in [-0.05, 0) is 57.7 Å². The Labute approximate surface area is 143 Å². The Bertz CT molecular complexity index is 588. The van der Waals surface area contributed by atoms with Gasteiger partial charge in [0.25, 0.3) is 0 Å². The molecular weight excluding hydrogens is 306 g/mol. The van der Waals surface area contributed by atoms with Crippen LogP contribution in [0, 0.1) is 0 Å². The molecule has 5 heteroatoms. The van der Waals surface area contributed by atoms with E-state index in [-0.39, 0.29) is 24.1 Å². The van der Waals surface area contributed by atoms with Gasteiger partial charge >= 0.3 is 12.1 Å². The maximum absolute atomic E-state index is 12.7. The Hall–Kier alpha value is -2.04. The van der Waals surface area contributed by atoms with Crippen molar-refractivity contribution in [1.29, 1.82) is 0 Å². The van der Waals surface area contributed by atoms with Gasteiger partial charge in [0.1, 0.15) is 5.60 Å². The van der Waals surface area contributed by atoms with Crippen molar-refractivity contribution in [3.05, 3.63) is 35.4 Å². The second-order valence-corrected chi connectivity index (χ2v) is 7.16. The Balaban J connectivity index is 2.23. The van der Waals surface area contributed by atoms with E-state index in [1.807, 2.05) is 37.8 Å². The number of likely N-dealkylation sites (tertiary alicyclic amines) is 1. The number of rotatable bonds is 3. The minimum Gasteiger partial charge on any atom is -0.465 e. The summed E-state index contributed by atoms with van der Waals surface area (Å²) < 4.78 is 10.3.